The molecule has 0 spiro atoms. The smallest absolute Gasteiger partial charge is 0.251 e. The van der Waals surface area contributed by atoms with E-state index in [4.69, 9.17) is 0 Å². The van der Waals surface area contributed by atoms with Crippen LogP contribution < -0.4 is 9.62 Å². The van der Waals surface area contributed by atoms with Crippen molar-refractivity contribution >= 4 is 21.6 Å². The van der Waals surface area contributed by atoms with Gasteiger partial charge in [0.1, 0.15) is 0 Å². The molecule has 0 radical (unpaired) electrons. The highest BCUT2D eigenvalue weighted by Gasteiger charge is 2.19. The zero-order chi connectivity index (χ0) is 19.3. The summed E-state index contributed by atoms with van der Waals surface area (Å²) in [5, 5.41) is 2.94. The fourth-order valence-corrected chi connectivity index (χ4v) is 3.27. The van der Waals surface area contributed by atoms with Gasteiger partial charge in [0.25, 0.3) is 5.91 Å². The third-order valence-electron chi connectivity index (χ3n) is 4.35. The van der Waals surface area contributed by atoms with Gasteiger partial charge in [-0.2, -0.15) is 0 Å². The minimum atomic E-state index is -3.45. The highest BCUT2D eigenvalue weighted by molar-refractivity contribution is 7.92. The molecule has 140 valence electrons. The van der Waals surface area contributed by atoms with Crippen LogP contribution in [0.1, 0.15) is 36.7 Å². The molecule has 0 saturated heterocycles. The van der Waals surface area contributed by atoms with Crippen LogP contribution in [0, 0.1) is 5.92 Å². The van der Waals surface area contributed by atoms with Crippen LogP contribution in [0.25, 0.3) is 0 Å². The van der Waals surface area contributed by atoms with E-state index in [0.717, 1.165) is 5.56 Å². The quantitative estimate of drug-likeness (QED) is 0.807. The molecule has 26 heavy (non-hydrogen) atoms. The molecule has 0 aliphatic rings. The Bertz CT molecular complexity index is 831. The lowest BCUT2D eigenvalue weighted by atomic mass is 10.1. The van der Waals surface area contributed by atoms with Crippen molar-refractivity contribution in [1.29, 1.82) is 0 Å². The Labute approximate surface area is 156 Å². The summed E-state index contributed by atoms with van der Waals surface area (Å²) in [6.45, 7) is 6.29. The number of rotatable bonds is 7. The lowest BCUT2D eigenvalue weighted by Crippen LogP contribution is -2.36. The number of carbonyl (C=O) groups excluding carboxylic acids is 1. The van der Waals surface area contributed by atoms with Crippen LogP contribution in [0.3, 0.4) is 0 Å². The first-order chi connectivity index (χ1) is 12.2. The average molecular weight is 375 g/mol. The number of carbonyl (C=O) groups is 1. The molecule has 0 heterocycles. The van der Waals surface area contributed by atoms with Crippen molar-refractivity contribution in [2.45, 2.75) is 33.4 Å². The van der Waals surface area contributed by atoms with Crippen molar-refractivity contribution in [2.24, 2.45) is 5.92 Å². The van der Waals surface area contributed by atoms with Crippen molar-refractivity contribution in [2.75, 3.05) is 10.6 Å². The second-order valence-corrected chi connectivity index (χ2v) is 8.72. The van der Waals surface area contributed by atoms with Crippen molar-refractivity contribution in [1.82, 2.24) is 5.32 Å². The maximum Gasteiger partial charge on any atom is 0.251 e. The van der Waals surface area contributed by atoms with E-state index in [2.05, 4.69) is 5.32 Å². The van der Waals surface area contributed by atoms with Crippen molar-refractivity contribution in [3.8, 4) is 0 Å². The number of sulfonamides is 1. The highest BCUT2D eigenvalue weighted by Crippen LogP contribution is 2.21. The lowest BCUT2D eigenvalue weighted by Gasteiger charge is -2.23. The van der Waals surface area contributed by atoms with Gasteiger partial charge in [-0.3, -0.25) is 9.10 Å². The lowest BCUT2D eigenvalue weighted by molar-refractivity contribution is 0.0930. The van der Waals surface area contributed by atoms with Crippen molar-refractivity contribution < 1.29 is 13.2 Å². The predicted octanol–water partition coefficient (Wildman–Crippen LogP) is 3.43. The number of hydrogen-bond donors (Lipinski definition) is 1. The van der Waals surface area contributed by atoms with E-state index in [9.17, 15) is 13.2 Å². The summed E-state index contributed by atoms with van der Waals surface area (Å²) in [5.74, 6) is 0.177. The summed E-state index contributed by atoms with van der Waals surface area (Å²) in [6, 6.07) is 16.1. The fraction of sp³-hybridized carbons (Fsp3) is 0.350. The number of nitrogens with zero attached hydrogens (tertiary/aromatic N) is 1. The number of hydrogen-bond acceptors (Lipinski definition) is 3. The first-order valence-electron chi connectivity index (χ1n) is 8.61. The minimum absolute atomic E-state index is 0.0628. The van der Waals surface area contributed by atoms with Crippen LogP contribution in [0.2, 0.25) is 0 Å². The highest BCUT2D eigenvalue weighted by atomic mass is 32.2. The van der Waals surface area contributed by atoms with E-state index in [0.29, 0.717) is 17.2 Å². The van der Waals surface area contributed by atoms with E-state index in [1.54, 1.807) is 24.3 Å². The van der Waals surface area contributed by atoms with Crippen LogP contribution in [0.15, 0.2) is 54.6 Å². The molecule has 2 rings (SSSR count). The van der Waals surface area contributed by atoms with E-state index in [1.165, 1.54) is 10.6 Å². The zero-order valence-electron chi connectivity index (χ0n) is 15.6. The normalized spacial score (nSPS) is 12.7. The van der Waals surface area contributed by atoms with Crippen LogP contribution in [-0.4, -0.2) is 26.6 Å². The van der Waals surface area contributed by atoms with Gasteiger partial charge in [-0.05, 0) is 42.7 Å². The predicted molar refractivity (Wildman–Crippen MR) is 106 cm³/mol. The molecule has 2 aromatic rings. The SMILES string of the molecule is CC(C)[C@@H](C)NC(=O)c1ccc(N(Cc2ccccc2)S(C)(=O)=O)cc1. The van der Waals surface area contributed by atoms with E-state index < -0.39 is 10.0 Å². The zero-order valence-corrected chi connectivity index (χ0v) is 16.5. The molecule has 0 unspecified atom stereocenters. The van der Waals surface area contributed by atoms with Crippen LogP contribution in [0.4, 0.5) is 5.69 Å². The van der Waals surface area contributed by atoms with Crippen LogP contribution >= 0.6 is 0 Å². The summed E-state index contributed by atoms with van der Waals surface area (Å²) in [7, 11) is -3.45. The van der Waals surface area contributed by atoms with Gasteiger partial charge in [0.2, 0.25) is 10.0 Å². The van der Waals surface area contributed by atoms with Gasteiger partial charge in [0.15, 0.2) is 0 Å². The topological polar surface area (TPSA) is 66.5 Å². The molecule has 2 aromatic carbocycles. The van der Waals surface area contributed by atoms with Gasteiger partial charge >= 0.3 is 0 Å². The Morgan fingerprint density at radius 3 is 2.08 bits per heavy atom. The first-order valence-corrected chi connectivity index (χ1v) is 10.5. The largest absolute Gasteiger partial charge is 0.349 e. The Kier molecular flexibility index (Phi) is 6.42. The molecule has 6 heteroatoms. The van der Waals surface area contributed by atoms with E-state index >= 15 is 0 Å². The monoisotopic (exact) mass is 374 g/mol. The van der Waals surface area contributed by atoms with Gasteiger partial charge in [-0.25, -0.2) is 8.42 Å². The molecule has 1 N–H and O–H groups in total. The minimum Gasteiger partial charge on any atom is -0.349 e. The maximum atomic E-state index is 12.3. The Morgan fingerprint density at radius 2 is 1.58 bits per heavy atom. The molecule has 0 fully saturated rings. The molecule has 5 nitrogen and oxygen atoms in total. The van der Waals surface area contributed by atoms with Crippen LogP contribution in [-0.2, 0) is 16.6 Å². The Balaban J connectivity index is 2.21. The number of nitrogens with one attached hydrogen (secondary N) is 1. The van der Waals surface area contributed by atoms with Gasteiger partial charge in [-0.15, -0.1) is 0 Å². The number of benzene rings is 2. The third kappa shape index (κ3) is 5.33. The number of amides is 1. The Hall–Kier alpha value is -2.34. The molecule has 0 saturated carbocycles. The van der Waals surface area contributed by atoms with Crippen molar-refractivity contribution in [3.63, 3.8) is 0 Å². The average Bonchev–Trinajstić information content (AvgIpc) is 2.59. The van der Waals surface area contributed by atoms with Crippen LogP contribution in [0.5, 0.6) is 0 Å². The molecule has 0 aliphatic heterocycles. The van der Waals surface area contributed by atoms with Gasteiger partial charge in [0, 0.05) is 11.6 Å². The molecule has 1 amide bonds. The van der Waals surface area contributed by atoms with Gasteiger partial charge < -0.3 is 5.32 Å². The standard InChI is InChI=1S/C20H26N2O3S/c1-15(2)16(3)21-20(23)18-10-12-19(13-11-18)22(26(4,24)25)14-17-8-6-5-7-9-17/h5-13,15-16H,14H2,1-4H3,(H,21,23)/t16-/m1/s1. The maximum absolute atomic E-state index is 12.3. The summed E-state index contributed by atoms with van der Waals surface area (Å²) in [6.07, 6.45) is 1.18. The molecule has 1 atom stereocenters. The fourth-order valence-electron chi connectivity index (χ4n) is 2.39. The van der Waals surface area contributed by atoms with E-state index in [1.807, 2.05) is 51.1 Å². The first kappa shape index (κ1) is 20.0. The molecular formula is C20H26N2O3S. The second-order valence-electron chi connectivity index (χ2n) is 6.81. The summed E-state index contributed by atoms with van der Waals surface area (Å²) in [5.41, 5.74) is 1.93. The summed E-state index contributed by atoms with van der Waals surface area (Å²) < 4.78 is 25.8. The third-order valence-corrected chi connectivity index (χ3v) is 5.49. The van der Waals surface area contributed by atoms with Gasteiger partial charge in [0.05, 0.1) is 18.5 Å². The second kappa shape index (κ2) is 8.36. The number of anilines is 1. The molecule has 0 aromatic heterocycles. The Morgan fingerprint density at radius 1 is 1.00 bits per heavy atom. The molecule has 0 aliphatic carbocycles. The van der Waals surface area contributed by atoms with Crippen molar-refractivity contribution in [3.05, 3.63) is 65.7 Å². The van der Waals surface area contributed by atoms with Gasteiger partial charge in [-0.1, -0.05) is 44.2 Å². The summed E-state index contributed by atoms with van der Waals surface area (Å²) in [4.78, 5) is 12.3. The summed E-state index contributed by atoms with van der Waals surface area (Å²) >= 11 is 0. The molecule has 0 bridgehead atoms. The molecular weight excluding hydrogens is 348 g/mol. The van der Waals surface area contributed by atoms with E-state index in [-0.39, 0.29) is 18.5 Å².